The van der Waals surface area contributed by atoms with Crippen molar-refractivity contribution < 1.29 is 18.1 Å². The van der Waals surface area contributed by atoms with Gasteiger partial charge in [0.15, 0.2) is 0 Å². The number of nitrogens with zero attached hydrogens (tertiary/aromatic N) is 3. The highest BCUT2D eigenvalue weighted by atomic mass is 32.2. The highest BCUT2D eigenvalue weighted by Gasteiger charge is 2.29. The van der Waals surface area contributed by atoms with Crippen molar-refractivity contribution in [2.24, 2.45) is 0 Å². The topological polar surface area (TPSA) is 101 Å². The molecule has 31 heavy (non-hydrogen) atoms. The summed E-state index contributed by atoms with van der Waals surface area (Å²) in [6, 6.07) is 12.8. The summed E-state index contributed by atoms with van der Waals surface area (Å²) in [4.78, 5) is 24.5. The first kappa shape index (κ1) is 22.6. The van der Waals surface area contributed by atoms with Crippen LogP contribution in [-0.2, 0) is 14.8 Å². The highest BCUT2D eigenvalue weighted by molar-refractivity contribution is 7.89. The Balaban J connectivity index is 1.59. The first-order chi connectivity index (χ1) is 14.7. The van der Waals surface area contributed by atoms with Gasteiger partial charge < -0.3 is 4.90 Å². The number of carbonyl (C=O) groups excluding carboxylic acids is 1. The van der Waals surface area contributed by atoms with E-state index in [0.29, 0.717) is 24.6 Å². The fourth-order valence-corrected chi connectivity index (χ4v) is 4.72. The minimum atomic E-state index is -3.60. The molecule has 9 heteroatoms. The van der Waals surface area contributed by atoms with Gasteiger partial charge in [-0.05, 0) is 47.4 Å². The molecule has 0 aromatic heterocycles. The molecule has 1 saturated heterocycles. The van der Waals surface area contributed by atoms with Crippen molar-refractivity contribution in [3.05, 3.63) is 75.8 Å². The van der Waals surface area contributed by atoms with Crippen LogP contribution in [0, 0.1) is 10.1 Å². The molecule has 1 aliphatic rings. The van der Waals surface area contributed by atoms with Gasteiger partial charge in [0.05, 0.1) is 9.82 Å². The molecule has 1 aliphatic heterocycles. The summed E-state index contributed by atoms with van der Waals surface area (Å²) in [6.45, 7) is 5.15. The molecular formula is C22H25N3O5S. The fourth-order valence-electron chi connectivity index (χ4n) is 3.30. The SMILES string of the molecule is CC(C)c1ccc(S(=O)(=O)N2CCN(C(=O)/C=C/c3ccc([N+](=O)[O-])cc3)CC2)cc1. The van der Waals surface area contributed by atoms with E-state index in [1.807, 2.05) is 12.1 Å². The van der Waals surface area contributed by atoms with E-state index >= 15 is 0 Å². The van der Waals surface area contributed by atoms with Crippen LogP contribution < -0.4 is 0 Å². The molecule has 1 fully saturated rings. The molecular weight excluding hydrogens is 418 g/mol. The Kier molecular flexibility index (Phi) is 6.87. The van der Waals surface area contributed by atoms with Crippen LogP contribution in [0.25, 0.3) is 6.08 Å². The number of benzene rings is 2. The van der Waals surface area contributed by atoms with Gasteiger partial charge in [0.25, 0.3) is 5.69 Å². The van der Waals surface area contributed by atoms with Crippen molar-refractivity contribution in [2.75, 3.05) is 26.2 Å². The number of piperazine rings is 1. The number of nitro groups is 1. The van der Waals surface area contributed by atoms with Crippen LogP contribution in [0.3, 0.4) is 0 Å². The quantitative estimate of drug-likeness (QED) is 0.387. The minimum Gasteiger partial charge on any atom is -0.337 e. The van der Waals surface area contributed by atoms with Crippen molar-refractivity contribution in [3.8, 4) is 0 Å². The van der Waals surface area contributed by atoms with E-state index in [4.69, 9.17) is 0 Å². The highest BCUT2D eigenvalue weighted by Crippen LogP contribution is 2.21. The summed E-state index contributed by atoms with van der Waals surface area (Å²) in [5.41, 5.74) is 1.74. The molecule has 2 aromatic rings. The number of rotatable bonds is 6. The van der Waals surface area contributed by atoms with E-state index in [2.05, 4.69) is 13.8 Å². The van der Waals surface area contributed by atoms with E-state index < -0.39 is 14.9 Å². The molecule has 1 amide bonds. The maximum absolute atomic E-state index is 12.9. The molecule has 8 nitrogen and oxygen atoms in total. The fraction of sp³-hybridized carbons (Fsp3) is 0.318. The summed E-state index contributed by atoms with van der Waals surface area (Å²) in [5.74, 6) is 0.0991. The van der Waals surface area contributed by atoms with Crippen LogP contribution in [0.1, 0.15) is 30.9 Å². The normalized spacial score (nSPS) is 15.5. The Bertz CT molecular complexity index is 1070. The number of non-ortho nitro benzene ring substituents is 1. The molecule has 164 valence electrons. The van der Waals surface area contributed by atoms with Crippen molar-refractivity contribution in [3.63, 3.8) is 0 Å². The molecule has 1 heterocycles. The number of carbonyl (C=O) groups is 1. The van der Waals surface area contributed by atoms with Gasteiger partial charge in [0.2, 0.25) is 15.9 Å². The van der Waals surface area contributed by atoms with Crippen molar-refractivity contribution >= 4 is 27.7 Å². The molecule has 2 aromatic carbocycles. The lowest BCUT2D eigenvalue weighted by atomic mass is 10.0. The summed E-state index contributed by atoms with van der Waals surface area (Å²) in [5, 5.41) is 10.7. The maximum Gasteiger partial charge on any atom is 0.269 e. The standard InChI is InChI=1S/C22H25N3O5S/c1-17(2)19-6-10-21(11-7-19)31(29,30)24-15-13-23(14-16-24)22(26)12-5-18-3-8-20(9-4-18)25(27)28/h3-12,17H,13-16H2,1-2H3/b12-5+. The lowest BCUT2D eigenvalue weighted by molar-refractivity contribution is -0.384. The molecule has 0 bridgehead atoms. The smallest absolute Gasteiger partial charge is 0.269 e. The Morgan fingerprint density at radius 2 is 1.58 bits per heavy atom. The third kappa shape index (κ3) is 5.36. The van der Waals surface area contributed by atoms with Crippen molar-refractivity contribution in [2.45, 2.75) is 24.7 Å². The second kappa shape index (κ2) is 9.40. The molecule has 0 spiro atoms. The maximum atomic E-state index is 12.9. The molecule has 0 saturated carbocycles. The number of amides is 1. The second-order valence-electron chi connectivity index (χ2n) is 7.64. The predicted molar refractivity (Wildman–Crippen MR) is 118 cm³/mol. The van der Waals surface area contributed by atoms with Gasteiger partial charge in [-0.2, -0.15) is 4.31 Å². The molecule has 0 radical (unpaired) electrons. The van der Waals surface area contributed by atoms with E-state index in [9.17, 15) is 23.3 Å². The van der Waals surface area contributed by atoms with E-state index in [1.54, 1.807) is 35.2 Å². The zero-order valence-electron chi connectivity index (χ0n) is 17.5. The third-order valence-electron chi connectivity index (χ3n) is 5.26. The van der Waals surface area contributed by atoms with Crippen molar-refractivity contribution in [1.82, 2.24) is 9.21 Å². The van der Waals surface area contributed by atoms with E-state index in [-0.39, 0.29) is 29.6 Å². The summed E-state index contributed by atoms with van der Waals surface area (Å²) >= 11 is 0. The second-order valence-corrected chi connectivity index (χ2v) is 9.57. The van der Waals surface area contributed by atoms with Crippen LogP contribution in [0.15, 0.2) is 59.5 Å². The van der Waals surface area contributed by atoms with Crippen LogP contribution in [0.2, 0.25) is 0 Å². The van der Waals surface area contributed by atoms with E-state index in [1.165, 1.54) is 22.5 Å². The Morgan fingerprint density at radius 3 is 2.10 bits per heavy atom. The zero-order chi connectivity index (χ0) is 22.6. The van der Waals surface area contributed by atoms with Crippen LogP contribution in [0.4, 0.5) is 5.69 Å². The zero-order valence-corrected chi connectivity index (χ0v) is 18.3. The molecule has 0 unspecified atom stereocenters. The summed E-state index contributed by atoms with van der Waals surface area (Å²) < 4.78 is 27.2. The molecule has 0 aliphatic carbocycles. The van der Waals surface area contributed by atoms with Gasteiger partial charge in [0, 0.05) is 44.4 Å². The predicted octanol–water partition coefficient (Wildman–Crippen LogP) is 3.26. The molecule has 3 rings (SSSR count). The summed E-state index contributed by atoms with van der Waals surface area (Å²) in [6.07, 6.45) is 2.99. The number of nitro benzene ring substituents is 1. The number of sulfonamides is 1. The van der Waals surface area contributed by atoms with Gasteiger partial charge in [-0.3, -0.25) is 14.9 Å². The molecule has 0 atom stereocenters. The first-order valence-corrected chi connectivity index (χ1v) is 11.4. The van der Waals surface area contributed by atoms with Crippen LogP contribution in [0.5, 0.6) is 0 Å². The van der Waals surface area contributed by atoms with Gasteiger partial charge in [-0.15, -0.1) is 0 Å². The first-order valence-electron chi connectivity index (χ1n) is 10.00. The van der Waals surface area contributed by atoms with Gasteiger partial charge in [-0.25, -0.2) is 8.42 Å². The Labute approximate surface area is 182 Å². The Hall–Kier alpha value is -3.04. The van der Waals surface area contributed by atoms with Crippen LogP contribution in [-0.4, -0.2) is 54.6 Å². The Morgan fingerprint density at radius 1 is 1.00 bits per heavy atom. The lowest BCUT2D eigenvalue weighted by Gasteiger charge is -2.33. The van der Waals surface area contributed by atoms with E-state index in [0.717, 1.165) is 5.56 Å². The number of hydrogen-bond acceptors (Lipinski definition) is 5. The summed E-state index contributed by atoms with van der Waals surface area (Å²) in [7, 11) is -3.60. The molecule has 0 N–H and O–H groups in total. The van der Waals surface area contributed by atoms with Crippen molar-refractivity contribution in [1.29, 1.82) is 0 Å². The average molecular weight is 444 g/mol. The lowest BCUT2D eigenvalue weighted by Crippen LogP contribution is -2.50. The third-order valence-corrected chi connectivity index (χ3v) is 7.17. The average Bonchev–Trinajstić information content (AvgIpc) is 2.77. The monoisotopic (exact) mass is 443 g/mol. The van der Waals surface area contributed by atoms with Gasteiger partial charge in [0.1, 0.15) is 0 Å². The minimum absolute atomic E-state index is 0.0142. The van der Waals surface area contributed by atoms with Gasteiger partial charge >= 0.3 is 0 Å². The van der Waals surface area contributed by atoms with Crippen LogP contribution >= 0.6 is 0 Å². The van der Waals surface area contributed by atoms with Gasteiger partial charge in [-0.1, -0.05) is 26.0 Å². The largest absolute Gasteiger partial charge is 0.337 e. The number of hydrogen-bond donors (Lipinski definition) is 0.